The smallest absolute Gasteiger partial charge is 0.114 e. The Morgan fingerprint density at radius 1 is 1.50 bits per heavy atom. The summed E-state index contributed by atoms with van der Waals surface area (Å²) in [5.74, 6) is 2.39. The quantitative estimate of drug-likeness (QED) is 0.640. The molecule has 86 valence electrons. The van der Waals surface area contributed by atoms with E-state index in [2.05, 4.69) is 36.6 Å². The van der Waals surface area contributed by atoms with Gasteiger partial charge in [-0.15, -0.1) is 6.42 Å². The summed E-state index contributed by atoms with van der Waals surface area (Å²) in [5, 5.41) is 9.62. The van der Waals surface area contributed by atoms with E-state index in [1.807, 2.05) is 12.3 Å². The van der Waals surface area contributed by atoms with E-state index in [-0.39, 0.29) is 0 Å². The highest BCUT2D eigenvalue weighted by atomic mass is 28.3. The molecule has 1 aromatic rings. The highest BCUT2D eigenvalue weighted by Crippen LogP contribution is 2.30. The van der Waals surface area contributed by atoms with Crippen LogP contribution in [0.5, 0.6) is 0 Å². The normalized spacial score (nSPS) is 15.2. The molecular weight excluding hydrogens is 214 g/mol. The molecule has 0 aromatic carbocycles. The number of hydrogen-bond acceptors (Lipinski definition) is 2. The Labute approximate surface area is 98.7 Å². The second kappa shape index (κ2) is 5.29. The maximum atomic E-state index is 9.62. The number of aliphatic hydroxyl groups excluding tert-OH is 1. The van der Waals surface area contributed by atoms with E-state index in [0.717, 1.165) is 0 Å². The number of rotatable bonds is 4. The molecule has 2 nitrogen and oxygen atoms in total. The molecule has 0 spiro atoms. The molecule has 1 heterocycles. The van der Waals surface area contributed by atoms with E-state index < -0.39 is 14.2 Å². The predicted octanol–water partition coefficient (Wildman–Crippen LogP) is 2.43. The fraction of sp³-hybridized carbons (Fsp3) is 0.462. The first-order valence-corrected chi connectivity index (χ1v) is 9.07. The summed E-state index contributed by atoms with van der Waals surface area (Å²) in [4.78, 5) is 4.14. The number of nitrogens with zero attached hydrogens (tertiary/aromatic N) is 1. The molecular formula is C13H19NOSi. The topological polar surface area (TPSA) is 33.1 Å². The van der Waals surface area contributed by atoms with Crippen LogP contribution in [0, 0.1) is 12.3 Å². The number of pyridine rings is 1. The summed E-state index contributed by atoms with van der Waals surface area (Å²) in [5.41, 5.74) is 1.54. The Morgan fingerprint density at radius 3 is 2.62 bits per heavy atom. The fourth-order valence-corrected chi connectivity index (χ4v) is 3.96. The lowest BCUT2D eigenvalue weighted by atomic mass is 10.1. The van der Waals surface area contributed by atoms with Crippen molar-refractivity contribution in [1.82, 2.24) is 4.98 Å². The number of aromatic nitrogens is 1. The Balaban J connectivity index is 2.94. The molecule has 0 amide bonds. The summed E-state index contributed by atoms with van der Waals surface area (Å²) in [6.45, 7) is 6.86. The summed E-state index contributed by atoms with van der Waals surface area (Å²) in [6, 6.07) is 4.00. The Kier molecular flexibility index (Phi) is 4.28. The summed E-state index contributed by atoms with van der Waals surface area (Å²) >= 11 is 0. The zero-order chi connectivity index (χ0) is 12.2. The van der Waals surface area contributed by atoms with Crippen molar-refractivity contribution in [2.75, 3.05) is 0 Å². The zero-order valence-corrected chi connectivity index (χ0v) is 11.1. The van der Waals surface area contributed by atoms with Gasteiger partial charge in [-0.3, -0.25) is 4.98 Å². The van der Waals surface area contributed by atoms with Crippen LogP contribution in [-0.4, -0.2) is 24.3 Å². The molecule has 0 bridgehead atoms. The summed E-state index contributed by atoms with van der Waals surface area (Å²) in [7, 11) is -1.40. The van der Waals surface area contributed by atoms with Crippen molar-refractivity contribution in [3.8, 4) is 12.3 Å². The van der Waals surface area contributed by atoms with Crippen LogP contribution in [0.25, 0.3) is 0 Å². The van der Waals surface area contributed by atoms with Gasteiger partial charge < -0.3 is 5.11 Å². The third kappa shape index (κ3) is 3.48. The van der Waals surface area contributed by atoms with Crippen LogP contribution < -0.4 is 0 Å². The van der Waals surface area contributed by atoms with Gasteiger partial charge in [0.25, 0.3) is 0 Å². The largest absolute Gasteiger partial charge is 0.380 e. The van der Waals surface area contributed by atoms with E-state index in [9.17, 15) is 5.11 Å². The molecule has 0 fully saturated rings. The first kappa shape index (κ1) is 13.0. The molecule has 2 atom stereocenters. The maximum absolute atomic E-state index is 9.62. The Hall–Kier alpha value is -1.11. The zero-order valence-electron chi connectivity index (χ0n) is 10.1. The van der Waals surface area contributed by atoms with Gasteiger partial charge in [0, 0.05) is 12.4 Å². The SMILES string of the molecule is C#CC(O)CC(c1cccnc1)[Si](C)(C)C. The lowest BCUT2D eigenvalue weighted by Gasteiger charge is -2.29. The van der Waals surface area contributed by atoms with Gasteiger partial charge in [0.1, 0.15) is 6.10 Å². The van der Waals surface area contributed by atoms with Crippen molar-refractivity contribution in [3.05, 3.63) is 30.1 Å². The molecule has 3 heteroatoms. The first-order valence-electron chi connectivity index (χ1n) is 5.49. The van der Waals surface area contributed by atoms with E-state index >= 15 is 0 Å². The molecule has 1 rings (SSSR count). The van der Waals surface area contributed by atoms with Gasteiger partial charge in [0.2, 0.25) is 0 Å². The molecule has 2 unspecified atom stereocenters. The molecule has 0 saturated heterocycles. The number of aliphatic hydroxyl groups is 1. The lowest BCUT2D eigenvalue weighted by Crippen LogP contribution is -2.33. The molecule has 0 aliphatic carbocycles. The summed E-state index contributed by atoms with van der Waals surface area (Å²) < 4.78 is 0. The minimum atomic E-state index is -1.40. The second-order valence-electron chi connectivity index (χ2n) is 5.12. The third-order valence-corrected chi connectivity index (χ3v) is 5.44. The highest BCUT2D eigenvalue weighted by Gasteiger charge is 2.29. The van der Waals surface area contributed by atoms with Crippen LogP contribution in [0.15, 0.2) is 24.5 Å². The van der Waals surface area contributed by atoms with Crippen molar-refractivity contribution < 1.29 is 5.11 Å². The van der Waals surface area contributed by atoms with Gasteiger partial charge in [0.05, 0.1) is 8.07 Å². The number of hydrogen-bond donors (Lipinski definition) is 1. The fourth-order valence-electron chi connectivity index (χ4n) is 1.86. The maximum Gasteiger partial charge on any atom is 0.114 e. The standard InChI is InChI=1S/C13H19NOSi/c1-5-12(15)9-13(16(2,3)4)11-7-6-8-14-10-11/h1,6-8,10,12-13,15H,9H2,2-4H3. The van der Waals surface area contributed by atoms with Crippen LogP contribution in [0.1, 0.15) is 17.5 Å². The van der Waals surface area contributed by atoms with E-state index in [1.54, 1.807) is 6.20 Å². The van der Waals surface area contributed by atoms with Crippen LogP contribution in [0.2, 0.25) is 19.6 Å². The van der Waals surface area contributed by atoms with Gasteiger partial charge in [-0.1, -0.05) is 31.6 Å². The van der Waals surface area contributed by atoms with Crippen molar-refractivity contribution in [2.45, 2.75) is 37.7 Å². The van der Waals surface area contributed by atoms with Crippen LogP contribution >= 0.6 is 0 Å². The van der Waals surface area contributed by atoms with Crippen molar-refractivity contribution >= 4 is 8.07 Å². The average Bonchev–Trinajstić information content (AvgIpc) is 2.25. The van der Waals surface area contributed by atoms with Gasteiger partial charge in [-0.2, -0.15) is 0 Å². The predicted molar refractivity (Wildman–Crippen MR) is 69.8 cm³/mol. The first-order chi connectivity index (χ1) is 7.45. The molecule has 1 aromatic heterocycles. The molecule has 0 radical (unpaired) electrons. The van der Waals surface area contributed by atoms with Crippen LogP contribution in [0.4, 0.5) is 0 Å². The van der Waals surface area contributed by atoms with E-state index in [1.165, 1.54) is 5.56 Å². The average molecular weight is 233 g/mol. The van der Waals surface area contributed by atoms with E-state index in [4.69, 9.17) is 6.42 Å². The highest BCUT2D eigenvalue weighted by molar-refractivity contribution is 6.77. The van der Waals surface area contributed by atoms with Gasteiger partial charge in [-0.25, -0.2) is 0 Å². The number of terminal acetylenes is 1. The molecule has 0 aliphatic rings. The molecule has 16 heavy (non-hydrogen) atoms. The Bertz CT molecular complexity index is 364. The van der Waals surface area contributed by atoms with Crippen LogP contribution in [-0.2, 0) is 0 Å². The third-order valence-electron chi connectivity index (χ3n) is 2.78. The van der Waals surface area contributed by atoms with Gasteiger partial charge >= 0.3 is 0 Å². The van der Waals surface area contributed by atoms with Gasteiger partial charge in [0.15, 0.2) is 0 Å². The second-order valence-corrected chi connectivity index (χ2v) is 10.6. The molecule has 1 N–H and O–H groups in total. The lowest BCUT2D eigenvalue weighted by molar-refractivity contribution is 0.219. The monoisotopic (exact) mass is 233 g/mol. The van der Waals surface area contributed by atoms with E-state index in [0.29, 0.717) is 12.0 Å². The summed E-state index contributed by atoms with van der Waals surface area (Å²) in [6.07, 6.45) is 8.87. The Morgan fingerprint density at radius 2 is 2.19 bits per heavy atom. The van der Waals surface area contributed by atoms with Crippen molar-refractivity contribution in [3.63, 3.8) is 0 Å². The minimum absolute atomic E-state index is 0.354. The van der Waals surface area contributed by atoms with Crippen LogP contribution in [0.3, 0.4) is 0 Å². The van der Waals surface area contributed by atoms with Crippen molar-refractivity contribution in [2.24, 2.45) is 0 Å². The molecule has 0 aliphatic heterocycles. The van der Waals surface area contributed by atoms with Gasteiger partial charge in [-0.05, 0) is 23.6 Å². The molecule has 0 saturated carbocycles. The van der Waals surface area contributed by atoms with Crippen molar-refractivity contribution in [1.29, 1.82) is 0 Å². The minimum Gasteiger partial charge on any atom is -0.380 e.